The minimum Gasteiger partial charge on any atom is -0.468 e. The van der Waals surface area contributed by atoms with Crippen LogP contribution in [0.5, 0.6) is 0 Å². The molecule has 1 aliphatic rings. The SMILES string of the molecule is Cc1nccc(CNS(=O)(=O)N2CCC[C@@H]2c2ccco2)n1. The molecule has 3 heterocycles. The zero-order chi connectivity index (χ0) is 15.6. The van der Waals surface area contributed by atoms with Gasteiger partial charge in [-0.25, -0.2) is 9.97 Å². The highest BCUT2D eigenvalue weighted by Crippen LogP contribution is 2.33. The molecule has 2 aromatic heterocycles. The zero-order valence-corrected chi connectivity index (χ0v) is 13.1. The lowest BCUT2D eigenvalue weighted by molar-refractivity contribution is 0.335. The van der Waals surface area contributed by atoms with Crippen molar-refractivity contribution in [2.75, 3.05) is 6.54 Å². The van der Waals surface area contributed by atoms with Gasteiger partial charge in [0.05, 0.1) is 24.5 Å². The Bertz CT molecular complexity index is 730. The van der Waals surface area contributed by atoms with Gasteiger partial charge in [0.25, 0.3) is 10.2 Å². The second kappa shape index (κ2) is 6.15. The van der Waals surface area contributed by atoms with Crippen LogP contribution in [0.25, 0.3) is 0 Å². The highest BCUT2D eigenvalue weighted by Gasteiger charge is 2.36. The molecule has 0 aliphatic carbocycles. The van der Waals surface area contributed by atoms with E-state index in [-0.39, 0.29) is 12.6 Å². The summed E-state index contributed by atoms with van der Waals surface area (Å²) in [4.78, 5) is 8.19. The Morgan fingerprint density at radius 1 is 1.45 bits per heavy atom. The number of hydrogen-bond donors (Lipinski definition) is 1. The molecule has 1 aliphatic heterocycles. The second-order valence-corrected chi connectivity index (χ2v) is 6.91. The molecule has 2 aromatic rings. The number of hydrogen-bond acceptors (Lipinski definition) is 5. The predicted molar refractivity (Wildman–Crippen MR) is 79.9 cm³/mol. The fraction of sp³-hybridized carbons (Fsp3) is 0.429. The van der Waals surface area contributed by atoms with Gasteiger partial charge in [-0.15, -0.1) is 0 Å². The summed E-state index contributed by atoms with van der Waals surface area (Å²) in [5.74, 6) is 1.30. The van der Waals surface area contributed by atoms with Gasteiger partial charge in [-0.05, 0) is 38.0 Å². The van der Waals surface area contributed by atoms with E-state index in [9.17, 15) is 8.42 Å². The Morgan fingerprint density at radius 2 is 2.32 bits per heavy atom. The van der Waals surface area contributed by atoms with E-state index in [0.29, 0.717) is 23.8 Å². The van der Waals surface area contributed by atoms with E-state index in [0.717, 1.165) is 12.8 Å². The summed E-state index contributed by atoms with van der Waals surface area (Å²) in [7, 11) is -3.58. The van der Waals surface area contributed by atoms with Crippen molar-refractivity contribution in [1.82, 2.24) is 19.0 Å². The first-order chi connectivity index (χ1) is 10.6. The van der Waals surface area contributed by atoms with Gasteiger partial charge >= 0.3 is 0 Å². The molecular formula is C14H18N4O3S. The molecule has 1 fully saturated rings. The third-order valence-electron chi connectivity index (χ3n) is 3.65. The Morgan fingerprint density at radius 3 is 3.05 bits per heavy atom. The summed E-state index contributed by atoms with van der Waals surface area (Å²) >= 11 is 0. The van der Waals surface area contributed by atoms with Crippen LogP contribution < -0.4 is 4.72 Å². The fourth-order valence-corrected chi connectivity index (χ4v) is 4.05. The molecule has 0 bridgehead atoms. The molecule has 118 valence electrons. The summed E-state index contributed by atoms with van der Waals surface area (Å²) in [5, 5.41) is 0. The van der Waals surface area contributed by atoms with Gasteiger partial charge in [-0.1, -0.05) is 0 Å². The lowest BCUT2D eigenvalue weighted by atomic mass is 10.2. The van der Waals surface area contributed by atoms with Gasteiger partial charge in [-0.3, -0.25) is 0 Å². The topological polar surface area (TPSA) is 88.3 Å². The van der Waals surface area contributed by atoms with Gasteiger partial charge in [0.1, 0.15) is 11.6 Å². The van der Waals surface area contributed by atoms with Gasteiger partial charge in [0.2, 0.25) is 0 Å². The van der Waals surface area contributed by atoms with Crippen LogP contribution in [0.1, 0.15) is 36.2 Å². The number of rotatable bonds is 5. The van der Waals surface area contributed by atoms with E-state index in [1.165, 1.54) is 4.31 Å². The Labute approximate surface area is 129 Å². The molecule has 0 aromatic carbocycles. The molecule has 1 N–H and O–H groups in total. The Balaban J connectivity index is 1.72. The largest absolute Gasteiger partial charge is 0.468 e. The number of aromatic nitrogens is 2. The number of nitrogens with one attached hydrogen (secondary N) is 1. The van der Waals surface area contributed by atoms with Crippen LogP contribution in [0, 0.1) is 6.92 Å². The lowest BCUT2D eigenvalue weighted by Crippen LogP contribution is -2.40. The summed E-state index contributed by atoms with van der Waals surface area (Å²) in [6, 6.07) is 5.05. The highest BCUT2D eigenvalue weighted by molar-refractivity contribution is 7.87. The van der Waals surface area contributed by atoms with Crippen LogP contribution in [0.4, 0.5) is 0 Å². The van der Waals surface area contributed by atoms with Crippen LogP contribution in [0.3, 0.4) is 0 Å². The molecule has 1 saturated heterocycles. The smallest absolute Gasteiger partial charge is 0.280 e. The van der Waals surface area contributed by atoms with Crippen molar-refractivity contribution in [3.8, 4) is 0 Å². The van der Waals surface area contributed by atoms with Crippen molar-refractivity contribution in [1.29, 1.82) is 0 Å². The zero-order valence-electron chi connectivity index (χ0n) is 12.3. The van der Waals surface area contributed by atoms with Crippen LogP contribution in [-0.4, -0.2) is 29.2 Å². The second-order valence-electron chi connectivity index (χ2n) is 5.21. The molecule has 0 spiro atoms. The summed E-state index contributed by atoms with van der Waals surface area (Å²) in [5.41, 5.74) is 0.643. The van der Waals surface area contributed by atoms with E-state index in [1.54, 1.807) is 31.5 Å². The van der Waals surface area contributed by atoms with E-state index in [2.05, 4.69) is 14.7 Å². The first kappa shape index (κ1) is 15.1. The minimum atomic E-state index is -3.58. The van der Waals surface area contributed by atoms with Gasteiger partial charge in [0, 0.05) is 12.7 Å². The van der Waals surface area contributed by atoms with Crippen LogP contribution in [0.2, 0.25) is 0 Å². The lowest BCUT2D eigenvalue weighted by Gasteiger charge is -2.22. The molecule has 0 radical (unpaired) electrons. The number of furan rings is 1. The van der Waals surface area contributed by atoms with E-state index >= 15 is 0 Å². The summed E-state index contributed by atoms with van der Waals surface area (Å²) in [6.45, 7) is 2.40. The molecule has 8 heteroatoms. The van der Waals surface area contributed by atoms with Gasteiger partial charge < -0.3 is 4.42 Å². The monoisotopic (exact) mass is 322 g/mol. The highest BCUT2D eigenvalue weighted by atomic mass is 32.2. The van der Waals surface area contributed by atoms with E-state index in [4.69, 9.17) is 4.42 Å². The fourth-order valence-electron chi connectivity index (χ4n) is 2.64. The van der Waals surface area contributed by atoms with Crippen molar-refractivity contribution in [3.05, 3.63) is 47.9 Å². The number of aryl methyl sites for hydroxylation is 1. The molecule has 0 saturated carbocycles. The van der Waals surface area contributed by atoms with Crippen LogP contribution >= 0.6 is 0 Å². The maximum Gasteiger partial charge on any atom is 0.280 e. The molecule has 0 unspecified atom stereocenters. The van der Waals surface area contributed by atoms with Gasteiger partial charge in [-0.2, -0.15) is 17.4 Å². The normalized spacial score (nSPS) is 19.6. The molecule has 22 heavy (non-hydrogen) atoms. The summed E-state index contributed by atoms with van der Waals surface area (Å²) < 4.78 is 34.5. The molecule has 1 atom stereocenters. The van der Waals surface area contributed by atoms with E-state index in [1.807, 2.05) is 6.07 Å². The van der Waals surface area contributed by atoms with Crippen molar-refractivity contribution in [3.63, 3.8) is 0 Å². The average molecular weight is 322 g/mol. The first-order valence-electron chi connectivity index (χ1n) is 7.14. The van der Waals surface area contributed by atoms with Crippen LogP contribution in [0.15, 0.2) is 35.1 Å². The number of nitrogens with zero attached hydrogens (tertiary/aromatic N) is 3. The molecule has 3 rings (SSSR count). The molecule has 7 nitrogen and oxygen atoms in total. The van der Waals surface area contributed by atoms with Crippen molar-refractivity contribution in [2.24, 2.45) is 0 Å². The van der Waals surface area contributed by atoms with Crippen molar-refractivity contribution < 1.29 is 12.8 Å². The third kappa shape index (κ3) is 3.18. The maximum absolute atomic E-state index is 12.5. The summed E-state index contributed by atoms with van der Waals surface area (Å²) in [6.07, 6.45) is 4.77. The average Bonchev–Trinajstić information content (AvgIpc) is 3.16. The first-order valence-corrected chi connectivity index (χ1v) is 8.58. The van der Waals surface area contributed by atoms with Gasteiger partial charge in [0.15, 0.2) is 0 Å². The quantitative estimate of drug-likeness (QED) is 0.902. The Kier molecular flexibility index (Phi) is 4.23. The molecule has 0 amide bonds. The van der Waals surface area contributed by atoms with Crippen molar-refractivity contribution in [2.45, 2.75) is 32.4 Å². The van der Waals surface area contributed by atoms with E-state index < -0.39 is 10.2 Å². The minimum absolute atomic E-state index is 0.146. The maximum atomic E-state index is 12.5. The predicted octanol–water partition coefficient (Wildman–Crippen LogP) is 1.55. The van der Waals surface area contributed by atoms with Crippen LogP contribution in [-0.2, 0) is 16.8 Å². The van der Waals surface area contributed by atoms with Crippen molar-refractivity contribution >= 4 is 10.2 Å². The Hall–Kier alpha value is -1.77. The third-order valence-corrected chi connectivity index (χ3v) is 5.22. The standard InChI is InChI=1S/C14H18N4O3S/c1-11-15-7-6-12(17-11)10-16-22(19,20)18-8-2-4-13(18)14-5-3-9-21-14/h3,5-7,9,13,16H,2,4,8,10H2,1H3/t13-/m1/s1. The molecular weight excluding hydrogens is 304 g/mol.